The van der Waals surface area contributed by atoms with Crippen molar-refractivity contribution in [2.24, 2.45) is 5.41 Å². The Morgan fingerprint density at radius 1 is 1.20 bits per heavy atom. The molecule has 2 nitrogen and oxygen atoms in total. The molecule has 1 atom stereocenters. The summed E-state index contributed by atoms with van der Waals surface area (Å²) in [6.45, 7) is 7.18. The van der Waals surface area contributed by atoms with Crippen LogP contribution >= 0.6 is 0 Å². The van der Waals surface area contributed by atoms with E-state index in [4.69, 9.17) is 4.89 Å². The minimum atomic E-state index is 0.0668. The Morgan fingerprint density at radius 2 is 1.80 bits per heavy atom. The zero-order chi connectivity index (χ0) is 11.3. The molecule has 0 bridgehead atoms. The zero-order valence-corrected chi connectivity index (χ0v) is 9.99. The van der Waals surface area contributed by atoms with Crippen LogP contribution in [0.4, 0.5) is 0 Å². The third kappa shape index (κ3) is 3.33. The van der Waals surface area contributed by atoms with E-state index in [0.29, 0.717) is 12.5 Å². The van der Waals surface area contributed by atoms with Crippen LogP contribution < -0.4 is 0 Å². The van der Waals surface area contributed by atoms with E-state index < -0.39 is 0 Å². The first-order valence-electron chi connectivity index (χ1n) is 5.28. The normalized spacial score (nSPS) is 13.9. The molecule has 0 fully saturated rings. The van der Waals surface area contributed by atoms with Gasteiger partial charge in [-0.15, -0.1) is 0 Å². The Hall–Kier alpha value is -0.860. The zero-order valence-electron chi connectivity index (χ0n) is 9.99. The van der Waals surface area contributed by atoms with Crippen molar-refractivity contribution >= 4 is 0 Å². The molecular formula is C13H20O2. The Balaban J connectivity index is 2.70. The molecule has 0 saturated carbocycles. The maximum atomic E-state index is 5.04. The highest BCUT2D eigenvalue weighted by Crippen LogP contribution is 2.35. The Bertz CT molecular complexity index is 280. The molecule has 15 heavy (non-hydrogen) atoms. The highest BCUT2D eigenvalue weighted by Gasteiger charge is 2.27. The quantitative estimate of drug-likeness (QED) is 0.545. The van der Waals surface area contributed by atoms with Gasteiger partial charge in [-0.2, -0.15) is 0 Å². The van der Waals surface area contributed by atoms with Crippen molar-refractivity contribution in [2.75, 3.05) is 13.7 Å². The summed E-state index contributed by atoms with van der Waals surface area (Å²) in [5.41, 5.74) is 1.40. The van der Waals surface area contributed by atoms with Crippen LogP contribution in [0, 0.1) is 5.41 Å². The van der Waals surface area contributed by atoms with Crippen LogP contribution in [0.3, 0.4) is 0 Å². The van der Waals surface area contributed by atoms with Gasteiger partial charge in [-0.3, -0.25) is 0 Å². The molecule has 0 heterocycles. The number of hydrogen-bond donors (Lipinski definition) is 0. The fourth-order valence-corrected chi connectivity index (χ4v) is 1.53. The molecule has 0 saturated heterocycles. The fraction of sp³-hybridized carbons (Fsp3) is 0.538. The summed E-state index contributed by atoms with van der Waals surface area (Å²) in [6.07, 6.45) is 0. The van der Waals surface area contributed by atoms with Crippen LogP contribution in [0.15, 0.2) is 30.3 Å². The van der Waals surface area contributed by atoms with Gasteiger partial charge in [0.25, 0.3) is 0 Å². The molecule has 1 aromatic carbocycles. The van der Waals surface area contributed by atoms with Crippen molar-refractivity contribution in [1.29, 1.82) is 0 Å². The van der Waals surface area contributed by atoms with Crippen molar-refractivity contribution in [3.63, 3.8) is 0 Å². The molecule has 84 valence electrons. The average molecular weight is 208 g/mol. The molecule has 0 N–H and O–H groups in total. The number of rotatable bonds is 5. The third-order valence-electron chi connectivity index (χ3n) is 3.02. The lowest BCUT2D eigenvalue weighted by Gasteiger charge is -2.31. The highest BCUT2D eigenvalue weighted by molar-refractivity contribution is 5.20. The van der Waals surface area contributed by atoms with Gasteiger partial charge in [0.15, 0.2) is 0 Å². The lowest BCUT2D eigenvalue weighted by Crippen LogP contribution is -2.25. The minimum absolute atomic E-state index is 0.0668. The van der Waals surface area contributed by atoms with E-state index in [1.807, 2.05) is 6.07 Å². The largest absolute Gasteiger partial charge is 0.240 e. The molecule has 1 unspecified atom stereocenters. The summed E-state index contributed by atoms with van der Waals surface area (Å²) in [5, 5.41) is 0. The van der Waals surface area contributed by atoms with Gasteiger partial charge < -0.3 is 0 Å². The van der Waals surface area contributed by atoms with Crippen molar-refractivity contribution in [2.45, 2.75) is 26.7 Å². The van der Waals surface area contributed by atoms with Gasteiger partial charge in [0.1, 0.15) is 0 Å². The van der Waals surface area contributed by atoms with Crippen molar-refractivity contribution in [3.05, 3.63) is 35.9 Å². The predicted octanol–water partition coefficient (Wildman–Crippen LogP) is 3.39. The molecule has 0 spiro atoms. The van der Waals surface area contributed by atoms with E-state index >= 15 is 0 Å². The van der Waals surface area contributed by atoms with Crippen molar-refractivity contribution in [3.8, 4) is 0 Å². The summed E-state index contributed by atoms with van der Waals surface area (Å²) >= 11 is 0. The second kappa shape index (κ2) is 5.29. The highest BCUT2D eigenvalue weighted by atomic mass is 17.2. The lowest BCUT2D eigenvalue weighted by molar-refractivity contribution is -0.288. The number of hydrogen-bond acceptors (Lipinski definition) is 2. The van der Waals surface area contributed by atoms with Gasteiger partial charge in [0.2, 0.25) is 0 Å². The van der Waals surface area contributed by atoms with Gasteiger partial charge in [0.05, 0.1) is 13.7 Å². The van der Waals surface area contributed by atoms with E-state index in [9.17, 15) is 0 Å². The van der Waals surface area contributed by atoms with E-state index in [-0.39, 0.29) is 5.41 Å². The van der Waals surface area contributed by atoms with E-state index in [1.165, 1.54) is 5.56 Å². The second-order valence-corrected chi connectivity index (χ2v) is 4.55. The van der Waals surface area contributed by atoms with Crippen LogP contribution in [-0.2, 0) is 9.78 Å². The van der Waals surface area contributed by atoms with Crippen LogP contribution in [-0.4, -0.2) is 13.7 Å². The average Bonchev–Trinajstić information content (AvgIpc) is 2.26. The van der Waals surface area contributed by atoms with Crippen LogP contribution in [0.25, 0.3) is 0 Å². The lowest BCUT2D eigenvalue weighted by atomic mass is 9.77. The second-order valence-electron chi connectivity index (χ2n) is 4.55. The molecule has 0 amide bonds. The smallest absolute Gasteiger partial charge is 0.0878 e. The van der Waals surface area contributed by atoms with Crippen molar-refractivity contribution in [1.82, 2.24) is 0 Å². The molecule has 0 radical (unpaired) electrons. The van der Waals surface area contributed by atoms with Gasteiger partial charge >= 0.3 is 0 Å². The molecule has 0 aliphatic rings. The van der Waals surface area contributed by atoms with E-state index in [2.05, 4.69) is 49.9 Å². The SMILES string of the molecule is COOCC(C)(C)C(C)c1ccccc1. The molecule has 2 heteroatoms. The molecule has 0 aliphatic heterocycles. The molecule has 0 aliphatic carbocycles. The first-order valence-corrected chi connectivity index (χ1v) is 5.28. The van der Waals surface area contributed by atoms with Crippen molar-refractivity contribution < 1.29 is 9.78 Å². The van der Waals surface area contributed by atoms with E-state index in [1.54, 1.807) is 7.11 Å². The van der Waals surface area contributed by atoms with Gasteiger partial charge in [0, 0.05) is 0 Å². The molecule has 1 rings (SSSR count). The van der Waals surface area contributed by atoms with Crippen LogP contribution in [0.2, 0.25) is 0 Å². The summed E-state index contributed by atoms with van der Waals surface area (Å²) in [6, 6.07) is 10.5. The first-order chi connectivity index (χ1) is 7.08. The van der Waals surface area contributed by atoms with E-state index in [0.717, 1.165) is 0 Å². The number of benzene rings is 1. The topological polar surface area (TPSA) is 18.5 Å². The predicted molar refractivity (Wildman–Crippen MR) is 61.6 cm³/mol. The molecule has 1 aromatic rings. The Kier molecular flexibility index (Phi) is 4.30. The van der Waals surface area contributed by atoms with Crippen LogP contribution in [0.1, 0.15) is 32.3 Å². The van der Waals surface area contributed by atoms with Gasteiger partial charge in [-0.05, 0) is 16.9 Å². The third-order valence-corrected chi connectivity index (χ3v) is 3.02. The Morgan fingerprint density at radius 3 is 2.33 bits per heavy atom. The first kappa shape index (κ1) is 12.2. The minimum Gasteiger partial charge on any atom is -0.240 e. The fourth-order valence-electron chi connectivity index (χ4n) is 1.53. The summed E-state index contributed by atoms with van der Waals surface area (Å²) in [4.78, 5) is 9.70. The maximum absolute atomic E-state index is 5.04. The monoisotopic (exact) mass is 208 g/mol. The Labute approximate surface area is 92.1 Å². The summed E-state index contributed by atoms with van der Waals surface area (Å²) < 4.78 is 0. The maximum Gasteiger partial charge on any atom is 0.0878 e. The van der Waals surface area contributed by atoms with Gasteiger partial charge in [-0.25, -0.2) is 9.78 Å². The van der Waals surface area contributed by atoms with Gasteiger partial charge in [-0.1, -0.05) is 51.1 Å². The summed E-state index contributed by atoms with van der Waals surface area (Å²) in [5.74, 6) is 0.439. The summed E-state index contributed by atoms with van der Waals surface area (Å²) in [7, 11) is 1.54. The standard InChI is InChI=1S/C13H20O2/c1-11(12-8-6-5-7-9-12)13(2,3)10-15-14-4/h5-9,11H,10H2,1-4H3. The molecular weight excluding hydrogens is 188 g/mol. The molecule has 0 aromatic heterocycles. The van der Waals surface area contributed by atoms with Crippen LogP contribution in [0.5, 0.6) is 0 Å².